The Hall–Kier alpha value is -2.89. The normalized spacial score (nSPS) is 14.0. The van der Waals surface area contributed by atoms with E-state index in [9.17, 15) is 9.59 Å². The Kier molecular flexibility index (Phi) is 7.61. The zero-order valence-electron chi connectivity index (χ0n) is 17.0. The number of amides is 2. The molecule has 1 aliphatic rings. The number of methoxy groups -OCH3 is 1. The summed E-state index contributed by atoms with van der Waals surface area (Å²) in [6, 6.07) is 11.7. The smallest absolute Gasteiger partial charge is 0.223 e. The van der Waals surface area contributed by atoms with Crippen molar-refractivity contribution in [2.24, 2.45) is 0 Å². The van der Waals surface area contributed by atoms with Crippen LogP contribution in [0.15, 0.2) is 48.8 Å². The monoisotopic (exact) mass is 395 g/mol. The van der Waals surface area contributed by atoms with E-state index in [1.807, 2.05) is 52.4 Å². The van der Waals surface area contributed by atoms with Gasteiger partial charge in [0, 0.05) is 51.4 Å². The van der Waals surface area contributed by atoms with Crippen molar-refractivity contribution >= 4 is 11.8 Å². The van der Waals surface area contributed by atoms with E-state index in [-0.39, 0.29) is 11.8 Å². The summed E-state index contributed by atoms with van der Waals surface area (Å²) in [5.41, 5.74) is 2.21. The number of para-hydroxylation sites is 1. The fourth-order valence-corrected chi connectivity index (χ4v) is 3.66. The van der Waals surface area contributed by atoms with Gasteiger partial charge in [-0.3, -0.25) is 14.6 Å². The molecule has 29 heavy (non-hydrogen) atoms. The summed E-state index contributed by atoms with van der Waals surface area (Å²) in [7, 11) is 1.65. The summed E-state index contributed by atoms with van der Waals surface area (Å²) in [5, 5.41) is 0. The Labute approximate surface area is 172 Å². The van der Waals surface area contributed by atoms with Gasteiger partial charge in [-0.1, -0.05) is 24.3 Å². The van der Waals surface area contributed by atoms with E-state index in [1.54, 1.807) is 13.3 Å². The molecule has 0 saturated carbocycles. The lowest BCUT2D eigenvalue weighted by atomic mass is 10.1. The standard InChI is InChI=1S/C23H29N3O3/c1-29-21-9-3-2-8-20(21)11-12-23(28)26-16-14-25(15-17-26)22(27)10-4-6-19-7-5-13-24-18-19/h2-3,5,7-9,13,18H,4,6,10-12,14-17H2,1H3. The van der Waals surface area contributed by atoms with Crippen LogP contribution in [0.4, 0.5) is 0 Å². The van der Waals surface area contributed by atoms with Crippen molar-refractivity contribution in [1.82, 2.24) is 14.8 Å². The third-order valence-electron chi connectivity index (χ3n) is 5.36. The van der Waals surface area contributed by atoms with Crippen LogP contribution in [0.1, 0.15) is 30.4 Å². The van der Waals surface area contributed by atoms with E-state index in [2.05, 4.69) is 4.98 Å². The van der Waals surface area contributed by atoms with Gasteiger partial charge in [0.2, 0.25) is 11.8 Å². The Balaban J connectivity index is 1.38. The van der Waals surface area contributed by atoms with Crippen LogP contribution >= 0.6 is 0 Å². The van der Waals surface area contributed by atoms with Gasteiger partial charge in [0.15, 0.2) is 0 Å². The van der Waals surface area contributed by atoms with E-state index in [1.165, 1.54) is 0 Å². The van der Waals surface area contributed by atoms with Gasteiger partial charge in [-0.15, -0.1) is 0 Å². The van der Waals surface area contributed by atoms with Gasteiger partial charge < -0.3 is 14.5 Å². The molecule has 3 rings (SSSR count). The average molecular weight is 396 g/mol. The first-order valence-electron chi connectivity index (χ1n) is 10.2. The van der Waals surface area contributed by atoms with Gasteiger partial charge in [-0.2, -0.15) is 0 Å². The van der Waals surface area contributed by atoms with Crippen molar-refractivity contribution in [3.63, 3.8) is 0 Å². The number of aryl methyl sites for hydroxylation is 2. The summed E-state index contributed by atoms with van der Waals surface area (Å²) >= 11 is 0. The van der Waals surface area contributed by atoms with E-state index in [0.29, 0.717) is 45.4 Å². The lowest BCUT2D eigenvalue weighted by Gasteiger charge is -2.35. The SMILES string of the molecule is COc1ccccc1CCC(=O)N1CCN(C(=O)CCCc2cccnc2)CC1. The molecule has 1 aromatic carbocycles. The molecule has 0 atom stereocenters. The number of benzene rings is 1. The van der Waals surface area contributed by atoms with Crippen molar-refractivity contribution in [3.05, 3.63) is 59.9 Å². The number of hydrogen-bond donors (Lipinski definition) is 0. The molecule has 0 spiro atoms. The van der Waals surface area contributed by atoms with Gasteiger partial charge in [0.1, 0.15) is 5.75 Å². The van der Waals surface area contributed by atoms with Crippen LogP contribution in [-0.2, 0) is 22.4 Å². The quantitative estimate of drug-likeness (QED) is 0.690. The lowest BCUT2D eigenvalue weighted by Crippen LogP contribution is -2.50. The largest absolute Gasteiger partial charge is 0.496 e. The second-order valence-corrected chi connectivity index (χ2v) is 7.29. The third kappa shape index (κ3) is 6.04. The first-order chi connectivity index (χ1) is 14.2. The fraction of sp³-hybridized carbons (Fsp3) is 0.435. The maximum absolute atomic E-state index is 12.6. The van der Waals surface area contributed by atoms with E-state index in [4.69, 9.17) is 4.74 Å². The third-order valence-corrected chi connectivity index (χ3v) is 5.36. The van der Waals surface area contributed by atoms with Gasteiger partial charge >= 0.3 is 0 Å². The summed E-state index contributed by atoms with van der Waals surface area (Å²) in [6.07, 6.45) is 6.95. The first-order valence-corrected chi connectivity index (χ1v) is 10.2. The number of piperazine rings is 1. The minimum atomic E-state index is 0.139. The zero-order chi connectivity index (χ0) is 20.5. The first kappa shape index (κ1) is 20.8. The molecule has 0 N–H and O–H groups in total. The molecule has 0 bridgehead atoms. The maximum Gasteiger partial charge on any atom is 0.223 e. The minimum Gasteiger partial charge on any atom is -0.496 e. The number of hydrogen-bond acceptors (Lipinski definition) is 4. The van der Waals surface area contributed by atoms with Crippen molar-refractivity contribution in [2.75, 3.05) is 33.3 Å². The Morgan fingerprint density at radius 3 is 2.28 bits per heavy atom. The summed E-state index contributed by atoms with van der Waals surface area (Å²) in [4.78, 5) is 32.8. The van der Waals surface area contributed by atoms with Crippen LogP contribution in [0.3, 0.4) is 0 Å². The molecule has 6 nitrogen and oxygen atoms in total. The highest BCUT2D eigenvalue weighted by atomic mass is 16.5. The Morgan fingerprint density at radius 2 is 1.62 bits per heavy atom. The predicted molar refractivity (Wildman–Crippen MR) is 112 cm³/mol. The second kappa shape index (κ2) is 10.6. The van der Waals surface area contributed by atoms with Gasteiger partial charge in [-0.25, -0.2) is 0 Å². The Morgan fingerprint density at radius 1 is 0.931 bits per heavy atom. The van der Waals surface area contributed by atoms with E-state index in [0.717, 1.165) is 29.7 Å². The molecule has 6 heteroatoms. The summed E-state index contributed by atoms with van der Waals surface area (Å²) in [5.74, 6) is 1.14. The highest BCUT2D eigenvalue weighted by molar-refractivity contribution is 5.78. The molecule has 0 radical (unpaired) electrons. The van der Waals surface area contributed by atoms with Crippen molar-refractivity contribution in [3.8, 4) is 5.75 Å². The molecule has 1 saturated heterocycles. The molecule has 0 aliphatic carbocycles. The number of aromatic nitrogens is 1. The number of pyridine rings is 1. The van der Waals surface area contributed by atoms with Gasteiger partial charge in [-0.05, 0) is 42.5 Å². The van der Waals surface area contributed by atoms with E-state index >= 15 is 0 Å². The molecule has 2 aromatic rings. The van der Waals surface area contributed by atoms with Crippen LogP contribution in [0.2, 0.25) is 0 Å². The van der Waals surface area contributed by atoms with Crippen LogP contribution < -0.4 is 4.74 Å². The zero-order valence-corrected chi connectivity index (χ0v) is 17.0. The number of carbonyl (C=O) groups excluding carboxylic acids is 2. The molecule has 1 aromatic heterocycles. The number of rotatable bonds is 8. The van der Waals surface area contributed by atoms with E-state index < -0.39 is 0 Å². The van der Waals surface area contributed by atoms with Crippen molar-refractivity contribution in [2.45, 2.75) is 32.1 Å². The molecule has 154 valence electrons. The predicted octanol–water partition coefficient (Wildman–Crippen LogP) is 2.72. The van der Waals surface area contributed by atoms with Crippen LogP contribution in [0, 0.1) is 0 Å². The Bertz CT molecular complexity index is 802. The van der Waals surface area contributed by atoms with Crippen LogP contribution in [0.5, 0.6) is 5.75 Å². The average Bonchev–Trinajstić information content (AvgIpc) is 2.78. The summed E-state index contributed by atoms with van der Waals surface area (Å²) in [6.45, 7) is 2.45. The minimum absolute atomic E-state index is 0.139. The molecular formula is C23H29N3O3. The summed E-state index contributed by atoms with van der Waals surface area (Å²) < 4.78 is 5.35. The number of ether oxygens (including phenoxy) is 1. The van der Waals surface area contributed by atoms with Crippen molar-refractivity contribution in [1.29, 1.82) is 0 Å². The van der Waals surface area contributed by atoms with Crippen molar-refractivity contribution < 1.29 is 14.3 Å². The molecule has 1 fully saturated rings. The topological polar surface area (TPSA) is 62.7 Å². The lowest BCUT2D eigenvalue weighted by molar-refractivity contribution is -0.139. The second-order valence-electron chi connectivity index (χ2n) is 7.29. The van der Waals surface area contributed by atoms with Gasteiger partial charge in [0.25, 0.3) is 0 Å². The highest BCUT2D eigenvalue weighted by Gasteiger charge is 2.23. The molecule has 1 aliphatic heterocycles. The number of carbonyl (C=O) groups is 2. The molecule has 2 heterocycles. The molecule has 0 unspecified atom stereocenters. The van der Waals surface area contributed by atoms with Crippen LogP contribution in [-0.4, -0.2) is 59.9 Å². The van der Waals surface area contributed by atoms with Gasteiger partial charge in [0.05, 0.1) is 7.11 Å². The maximum atomic E-state index is 12.6. The number of nitrogens with zero attached hydrogens (tertiary/aromatic N) is 3. The fourth-order valence-electron chi connectivity index (χ4n) is 3.66. The molecular weight excluding hydrogens is 366 g/mol. The molecule has 2 amide bonds. The highest BCUT2D eigenvalue weighted by Crippen LogP contribution is 2.19. The van der Waals surface area contributed by atoms with Crippen LogP contribution in [0.25, 0.3) is 0 Å².